The van der Waals surface area contributed by atoms with Gasteiger partial charge >= 0.3 is 0 Å². The minimum Gasteiger partial charge on any atom is -0.396 e. The molecule has 5 aliphatic carbocycles. The summed E-state index contributed by atoms with van der Waals surface area (Å²) in [5, 5.41) is 20.2. The van der Waals surface area contributed by atoms with Gasteiger partial charge in [-0.3, -0.25) is 0 Å². The number of aliphatic hydroxyl groups is 2. The predicted molar refractivity (Wildman–Crippen MR) is 146 cm³/mol. The molecule has 5 rings (SSSR count). The highest BCUT2D eigenvalue weighted by molar-refractivity contribution is 5.19. The van der Waals surface area contributed by atoms with Crippen LogP contribution in [0.2, 0.25) is 0 Å². The van der Waals surface area contributed by atoms with E-state index in [9.17, 15) is 10.2 Å². The number of hydrogen-bond acceptors (Lipinski definition) is 2. The Bertz CT molecular complexity index is 805. The Hall–Kier alpha value is -0.0800. The molecule has 0 aromatic heterocycles. The van der Waals surface area contributed by atoms with Crippen LogP contribution in [0.25, 0.3) is 0 Å². The maximum Gasteiger partial charge on any atom is 0.0590 e. The van der Waals surface area contributed by atoms with Gasteiger partial charge in [0.1, 0.15) is 0 Å². The first-order valence-corrected chi connectivity index (χ1v) is 15.5. The molecule has 0 aromatic carbocycles. The number of hydrogen-bond donors (Lipinski definition) is 2. The maximum atomic E-state index is 10.8. The average Bonchev–Trinajstić information content (AvgIpc) is 3.09. The molecule has 2 nitrogen and oxygen atoms in total. The van der Waals surface area contributed by atoms with Crippen molar-refractivity contribution >= 4 is 0 Å². The molecule has 12 atom stereocenters. The van der Waals surface area contributed by atoms with Crippen LogP contribution in [0.5, 0.6) is 0 Å². The van der Waals surface area contributed by atoms with Crippen molar-refractivity contribution in [3.63, 3.8) is 0 Å². The van der Waals surface area contributed by atoms with E-state index >= 15 is 0 Å². The van der Waals surface area contributed by atoms with E-state index in [0.717, 1.165) is 29.6 Å². The summed E-state index contributed by atoms with van der Waals surface area (Å²) in [4.78, 5) is 0. The van der Waals surface area contributed by atoms with Gasteiger partial charge in [0.15, 0.2) is 0 Å². The molecule has 7 unspecified atom stereocenters. The summed E-state index contributed by atoms with van der Waals surface area (Å²) in [6, 6.07) is 0. The normalized spacial score (nSPS) is 54.7. The van der Waals surface area contributed by atoms with Gasteiger partial charge in [0, 0.05) is 6.61 Å². The molecule has 5 aliphatic rings. The minimum atomic E-state index is -0.346. The summed E-state index contributed by atoms with van der Waals surface area (Å²) < 4.78 is 0. The lowest BCUT2D eigenvalue weighted by Crippen LogP contribution is -2.66. The molecule has 0 heterocycles. The molecular weight excluding hydrogens is 428 g/mol. The van der Waals surface area contributed by atoms with Crippen molar-refractivity contribution in [1.82, 2.24) is 0 Å². The monoisotopic (exact) mass is 486 g/mol. The third-order valence-corrected chi connectivity index (χ3v) is 14.6. The zero-order valence-electron chi connectivity index (χ0n) is 24.5. The van der Waals surface area contributed by atoms with Crippen LogP contribution < -0.4 is 0 Å². The van der Waals surface area contributed by atoms with Crippen LogP contribution in [0.3, 0.4) is 0 Å². The second kappa shape index (κ2) is 8.46. The highest BCUT2D eigenvalue weighted by Gasteiger charge is 2.70. The lowest BCUT2D eigenvalue weighted by atomic mass is 9.31. The molecule has 0 saturated heterocycles. The summed E-state index contributed by atoms with van der Waals surface area (Å²) in [5.41, 5.74) is 2.32. The quantitative estimate of drug-likeness (QED) is 0.421. The molecule has 0 bridgehead atoms. The first-order chi connectivity index (χ1) is 16.2. The maximum absolute atomic E-state index is 10.8. The van der Waals surface area contributed by atoms with E-state index in [4.69, 9.17) is 0 Å². The molecule has 0 aliphatic heterocycles. The Kier molecular flexibility index (Phi) is 6.41. The van der Waals surface area contributed by atoms with Crippen molar-refractivity contribution in [2.45, 2.75) is 132 Å². The molecule has 5 saturated carbocycles. The van der Waals surface area contributed by atoms with Crippen molar-refractivity contribution in [3.8, 4) is 0 Å². The number of fused-ring (bicyclic) bond motifs is 7. The molecule has 202 valence electrons. The van der Waals surface area contributed by atoms with Crippen LogP contribution in [0.15, 0.2) is 0 Å². The molecular formula is C33H58O2. The molecule has 0 aromatic rings. The standard InChI is InChI=1S/C33H58O2/c1-21-19-29(3,4)26-13-17-33(8)28(31(26,6)20-21)10-9-27-30(5)15-11-23(22(2)25(35)14-18-34)24(30)12-16-32(27,33)7/h21-28,34-35H,9-20H2,1-8H3/t21-,22?,23?,24?,25?,26?,27?,28?,30+,31+,32-,33-/m1/s1. The third-order valence-electron chi connectivity index (χ3n) is 14.6. The van der Waals surface area contributed by atoms with Gasteiger partial charge in [0.25, 0.3) is 0 Å². The summed E-state index contributed by atoms with van der Waals surface area (Å²) in [6.07, 6.45) is 14.2. The second-order valence-electron chi connectivity index (χ2n) is 16.4. The predicted octanol–water partition coefficient (Wildman–Crippen LogP) is 8.10. The van der Waals surface area contributed by atoms with E-state index in [2.05, 4.69) is 55.4 Å². The van der Waals surface area contributed by atoms with E-state index in [1.165, 1.54) is 64.2 Å². The third kappa shape index (κ3) is 3.53. The summed E-state index contributed by atoms with van der Waals surface area (Å²) in [5.74, 6) is 5.15. The van der Waals surface area contributed by atoms with Crippen molar-refractivity contribution in [3.05, 3.63) is 0 Å². The van der Waals surface area contributed by atoms with E-state index in [0.29, 0.717) is 45.3 Å². The topological polar surface area (TPSA) is 40.5 Å². The van der Waals surface area contributed by atoms with Crippen LogP contribution in [0.4, 0.5) is 0 Å². The zero-order chi connectivity index (χ0) is 25.6. The highest BCUT2D eigenvalue weighted by Crippen LogP contribution is 2.78. The molecule has 0 spiro atoms. The lowest BCUT2D eigenvalue weighted by molar-refractivity contribution is -0.246. The molecule has 0 amide bonds. The summed E-state index contributed by atoms with van der Waals surface area (Å²) in [6.45, 7) is 21.0. The fraction of sp³-hybridized carbons (Fsp3) is 1.00. The fourth-order valence-electron chi connectivity index (χ4n) is 13.3. The van der Waals surface area contributed by atoms with Crippen LogP contribution in [0, 0.1) is 68.5 Å². The van der Waals surface area contributed by atoms with Crippen molar-refractivity contribution in [2.24, 2.45) is 68.5 Å². The van der Waals surface area contributed by atoms with E-state index in [1.807, 2.05) is 0 Å². The Morgan fingerprint density at radius 2 is 1.34 bits per heavy atom. The van der Waals surface area contributed by atoms with Crippen LogP contribution in [0.1, 0.15) is 126 Å². The van der Waals surface area contributed by atoms with Gasteiger partial charge in [-0.05, 0) is 139 Å². The largest absolute Gasteiger partial charge is 0.396 e. The van der Waals surface area contributed by atoms with Crippen molar-refractivity contribution < 1.29 is 10.2 Å². The van der Waals surface area contributed by atoms with Gasteiger partial charge < -0.3 is 10.2 Å². The van der Waals surface area contributed by atoms with E-state index in [-0.39, 0.29) is 12.7 Å². The Morgan fingerprint density at radius 3 is 1.97 bits per heavy atom. The minimum absolute atomic E-state index is 0.107. The smallest absolute Gasteiger partial charge is 0.0590 e. The number of aliphatic hydroxyl groups excluding tert-OH is 2. The van der Waals surface area contributed by atoms with Crippen molar-refractivity contribution in [1.29, 1.82) is 0 Å². The number of rotatable bonds is 4. The lowest BCUT2D eigenvalue weighted by Gasteiger charge is -2.73. The Labute approximate surface area is 217 Å². The molecule has 0 radical (unpaired) electrons. The van der Waals surface area contributed by atoms with Crippen molar-refractivity contribution in [2.75, 3.05) is 6.61 Å². The fourth-order valence-corrected chi connectivity index (χ4v) is 13.3. The second-order valence-corrected chi connectivity index (χ2v) is 16.4. The Balaban J connectivity index is 1.46. The van der Waals surface area contributed by atoms with E-state index in [1.54, 1.807) is 0 Å². The van der Waals surface area contributed by atoms with E-state index < -0.39 is 0 Å². The first-order valence-electron chi connectivity index (χ1n) is 15.5. The molecule has 2 N–H and O–H groups in total. The summed E-state index contributed by atoms with van der Waals surface area (Å²) >= 11 is 0. The van der Waals surface area contributed by atoms with Gasteiger partial charge in [-0.2, -0.15) is 0 Å². The van der Waals surface area contributed by atoms with Crippen LogP contribution in [-0.4, -0.2) is 22.9 Å². The zero-order valence-corrected chi connectivity index (χ0v) is 24.5. The molecule has 5 fully saturated rings. The van der Waals surface area contributed by atoms with Gasteiger partial charge in [0.05, 0.1) is 6.10 Å². The van der Waals surface area contributed by atoms with Gasteiger partial charge in [-0.15, -0.1) is 0 Å². The van der Waals surface area contributed by atoms with Gasteiger partial charge in [0.2, 0.25) is 0 Å². The van der Waals surface area contributed by atoms with Gasteiger partial charge in [-0.25, -0.2) is 0 Å². The average molecular weight is 487 g/mol. The van der Waals surface area contributed by atoms with Crippen LogP contribution >= 0.6 is 0 Å². The first kappa shape index (κ1) is 26.5. The molecule has 35 heavy (non-hydrogen) atoms. The highest BCUT2D eigenvalue weighted by atomic mass is 16.3. The summed E-state index contributed by atoms with van der Waals surface area (Å²) in [7, 11) is 0. The Morgan fingerprint density at radius 1 is 0.743 bits per heavy atom. The van der Waals surface area contributed by atoms with Gasteiger partial charge in [-0.1, -0.05) is 55.4 Å². The molecule has 2 heteroatoms. The van der Waals surface area contributed by atoms with Crippen LogP contribution in [-0.2, 0) is 0 Å². The SMILES string of the molecule is CC(C(O)CCO)C1CC[C@@]2(C)C1CC[C@]1(C)C2CCC2[C@@]3(C)C[C@H](C)CC(C)(C)C3CC[C@]21C.